The van der Waals surface area contributed by atoms with Crippen LogP contribution < -0.4 is 16.0 Å². The van der Waals surface area contributed by atoms with Crippen molar-refractivity contribution in [3.63, 3.8) is 0 Å². The Morgan fingerprint density at radius 2 is 1.49 bits per heavy atom. The molecule has 9 heteroatoms. The summed E-state index contributed by atoms with van der Waals surface area (Å²) in [4.78, 5) is 58.2. The van der Waals surface area contributed by atoms with Crippen molar-refractivity contribution in [2.24, 2.45) is 0 Å². The lowest BCUT2D eigenvalue weighted by molar-refractivity contribution is -0.143. The SMILES string of the molecule is C[C@@H]1NC(=O)[C@H](Cc2c[nH]c3ccccc23)NC(=O)[C@@H](Cc2ccccc2)NC(=O)[C@H]2CCCN2C1=O. The molecule has 2 aliphatic heterocycles. The van der Waals surface area contributed by atoms with Crippen LogP contribution >= 0.6 is 0 Å². The smallest absolute Gasteiger partial charge is 0.245 e. The minimum Gasteiger partial charge on any atom is -0.361 e. The highest BCUT2D eigenvalue weighted by molar-refractivity contribution is 5.98. The van der Waals surface area contributed by atoms with E-state index in [4.69, 9.17) is 0 Å². The number of hydrogen-bond donors (Lipinski definition) is 4. The van der Waals surface area contributed by atoms with E-state index in [1.807, 2.05) is 60.8 Å². The molecule has 0 aliphatic carbocycles. The lowest BCUT2D eigenvalue weighted by Gasteiger charge is -2.31. The molecule has 0 radical (unpaired) electrons. The second kappa shape index (κ2) is 10.5. The quantitative estimate of drug-likeness (QED) is 0.432. The van der Waals surface area contributed by atoms with Gasteiger partial charge in [-0.2, -0.15) is 0 Å². The minimum absolute atomic E-state index is 0.223. The summed E-state index contributed by atoms with van der Waals surface area (Å²) in [5.74, 6) is -1.54. The minimum atomic E-state index is -0.939. The maximum Gasteiger partial charge on any atom is 0.245 e. The highest BCUT2D eigenvalue weighted by Gasteiger charge is 2.39. The predicted octanol–water partition coefficient (Wildman–Crippen LogP) is 1.43. The van der Waals surface area contributed by atoms with E-state index >= 15 is 0 Å². The number of carbonyl (C=O) groups excluding carboxylic acids is 4. The first-order valence-electron chi connectivity index (χ1n) is 12.7. The molecule has 4 amide bonds. The topological polar surface area (TPSA) is 123 Å². The monoisotopic (exact) mass is 501 g/mol. The van der Waals surface area contributed by atoms with E-state index < -0.39 is 36.0 Å². The Balaban J connectivity index is 1.47. The Hall–Kier alpha value is -4.14. The summed E-state index contributed by atoms with van der Waals surface area (Å²) in [5, 5.41) is 9.49. The van der Waals surface area contributed by atoms with Crippen LogP contribution in [0.5, 0.6) is 0 Å². The van der Waals surface area contributed by atoms with Gasteiger partial charge in [-0.3, -0.25) is 19.2 Å². The molecule has 0 spiro atoms. The molecule has 4 atom stereocenters. The van der Waals surface area contributed by atoms with Crippen molar-refractivity contribution in [2.75, 3.05) is 6.54 Å². The zero-order chi connectivity index (χ0) is 25.9. The standard InChI is InChI=1S/C28H31N5O4/c1-17-28(37)33-13-7-12-24(33)27(36)32-22(14-18-8-3-2-4-9-18)26(35)31-23(25(34)30-17)15-19-16-29-21-11-6-5-10-20(19)21/h2-6,8-11,16-17,22-24,29H,7,12-15H2,1H3,(H,30,34)(H,31,35)(H,32,36)/t17-,22+,23-,24+/m0/s1. The average Bonchev–Trinajstić information content (AvgIpc) is 3.55. The third-order valence-electron chi connectivity index (χ3n) is 7.22. The first kappa shape index (κ1) is 24.5. The fourth-order valence-electron chi connectivity index (χ4n) is 5.26. The number of carbonyl (C=O) groups is 4. The normalized spacial score (nSPS) is 25.1. The zero-order valence-corrected chi connectivity index (χ0v) is 20.7. The Morgan fingerprint density at radius 1 is 0.811 bits per heavy atom. The van der Waals surface area contributed by atoms with Gasteiger partial charge in [-0.15, -0.1) is 0 Å². The molecule has 192 valence electrons. The lowest BCUT2D eigenvalue weighted by atomic mass is 10.0. The van der Waals surface area contributed by atoms with E-state index in [0.717, 1.165) is 22.0 Å². The number of aromatic amines is 1. The van der Waals surface area contributed by atoms with Gasteiger partial charge in [0.1, 0.15) is 24.2 Å². The first-order chi connectivity index (χ1) is 17.9. The summed E-state index contributed by atoms with van der Waals surface area (Å²) < 4.78 is 0. The van der Waals surface area contributed by atoms with Crippen molar-refractivity contribution in [1.29, 1.82) is 0 Å². The van der Waals surface area contributed by atoms with Gasteiger partial charge in [0, 0.05) is 36.5 Å². The summed E-state index contributed by atoms with van der Waals surface area (Å²) in [6.07, 6.45) is 3.51. The van der Waals surface area contributed by atoms with Crippen LogP contribution in [0.2, 0.25) is 0 Å². The number of benzene rings is 2. The molecule has 37 heavy (non-hydrogen) atoms. The Kier molecular flexibility index (Phi) is 6.94. The molecule has 0 bridgehead atoms. The zero-order valence-electron chi connectivity index (χ0n) is 20.7. The molecule has 2 saturated heterocycles. The highest BCUT2D eigenvalue weighted by atomic mass is 16.2. The molecule has 0 saturated carbocycles. The van der Waals surface area contributed by atoms with Crippen LogP contribution in [0.4, 0.5) is 0 Å². The number of para-hydroxylation sites is 1. The van der Waals surface area contributed by atoms with Crippen molar-refractivity contribution in [2.45, 2.75) is 56.8 Å². The van der Waals surface area contributed by atoms with E-state index in [-0.39, 0.29) is 24.7 Å². The summed E-state index contributed by atoms with van der Waals surface area (Å²) >= 11 is 0. The maximum absolute atomic E-state index is 13.6. The number of amides is 4. The maximum atomic E-state index is 13.6. The summed E-state index contributed by atoms with van der Waals surface area (Å²) in [6.45, 7) is 2.05. The average molecular weight is 502 g/mol. The second-order valence-electron chi connectivity index (χ2n) is 9.80. The number of aromatic nitrogens is 1. The fraction of sp³-hybridized carbons (Fsp3) is 0.357. The Bertz CT molecular complexity index is 1320. The summed E-state index contributed by atoms with van der Waals surface area (Å²) in [6, 6.07) is 13.8. The molecule has 9 nitrogen and oxygen atoms in total. The van der Waals surface area contributed by atoms with Crippen LogP contribution in [0.3, 0.4) is 0 Å². The predicted molar refractivity (Wildman–Crippen MR) is 138 cm³/mol. The van der Waals surface area contributed by atoms with Crippen LogP contribution in [0, 0.1) is 0 Å². The fourth-order valence-corrected chi connectivity index (χ4v) is 5.26. The largest absolute Gasteiger partial charge is 0.361 e. The number of rotatable bonds is 4. The van der Waals surface area contributed by atoms with Crippen LogP contribution in [0.25, 0.3) is 10.9 Å². The molecule has 2 aromatic carbocycles. The lowest BCUT2D eigenvalue weighted by Crippen LogP contribution is -2.61. The van der Waals surface area contributed by atoms with Crippen LogP contribution in [-0.2, 0) is 32.0 Å². The van der Waals surface area contributed by atoms with E-state index in [2.05, 4.69) is 20.9 Å². The van der Waals surface area contributed by atoms with Crippen molar-refractivity contribution in [1.82, 2.24) is 25.8 Å². The molecule has 1 aromatic heterocycles. The van der Waals surface area contributed by atoms with E-state index in [1.54, 1.807) is 6.92 Å². The molecular formula is C28H31N5O4. The number of fused-ring (bicyclic) bond motifs is 2. The van der Waals surface area contributed by atoms with Gasteiger partial charge >= 0.3 is 0 Å². The molecule has 2 aliphatic rings. The van der Waals surface area contributed by atoms with Crippen LogP contribution in [-0.4, -0.2) is 64.2 Å². The van der Waals surface area contributed by atoms with Gasteiger partial charge < -0.3 is 25.8 Å². The van der Waals surface area contributed by atoms with Gasteiger partial charge in [-0.25, -0.2) is 0 Å². The number of nitrogens with one attached hydrogen (secondary N) is 4. The van der Waals surface area contributed by atoms with Gasteiger partial charge in [0.2, 0.25) is 23.6 Å². The van der Waals surface area contributed by atoms with Gasteiger partial charge in [-0.1, -0.05) is 48.5 Å². The molecule has 4 N–H and O–H groups in total. The molecule has 5 rings (SSSR count). The van der Waals surface area contributed by atoms with Crippen molar-refractivity contribution < 1.29 is 19.2 Å². The molecule has 3 aromatic rings. The van der Waals surface area contributed by atoms with Crippen LogP contribution in [0.1, 0.15) is 30.9 Å². The molecule has 3 heterocycles. The van der Waals surface area contributed by atoms with E-state index in [0.29, 0.717) is 19.4 Å². The molecular weight excluding hydrogens is 470 g/mol. The van der Waals surface area contributed by atoms with Crippen molar-refractivity contribution in [3.05, 3.63) is 71.9 Å². The second-order valence-corrected chi connectivity index (χ2v) is 9.80. The number of hydrogen-bond acceptors (Lipinski definition) is 4. The Labute approximate surface area is 215 Å². The van der Waals surface area contributed by atoms with Gasteiger partial charge in [0.05, 0.1) is 0 Å². The van der Waals surface area contributed by atoms with Crippen LogP contribution in [0.15, 0.2) is 60.8 Å². The third-order valence-corrected chi connectivity index (χ3v) is 7.22. The summed E-state index contributed by atoms with van der Waals surface area (Å²) in [5.41, 5.74) is 2.67. The van der Waals surface area contributed by atoms with E-state index in [9.17, 15) is 19.2 Å². The number of H-pyrrole nitrogens is 1. The van der Waals surface area contributed by atoms with E-state index in [1.165, 1.54) is 4.90 Å². The summed E-state index contributed by atoms with van der Waals surface area (Å²) in [7, 11) is 0. The molecule has 2 fully saturated rings. The highest BCUT2D eigenvalue weighted by Crippen LogP contribution is 2.21. The molecule has 0 unspecified atom stereocenters. The third kappa shape index (κ3) is 5.21. The first-order valence-corrected chi connectivity index (χ1v) is 12.7. The van der Waals surface area contributed by atoms with Gasteiger partial charge in [0.15, 0.2) is 0 Å². The van der Waals surface area contributed by atoms with Crippen molar-refractivity contribution in [3.8, 4) is 0 Å². The van der Waals surface area contributed by atoms with Gasteiger partial charge in [-0.05, 0) is 37.0 Å². The Morgan fingerprint density at radius 3 is 2.30 bits per heavy atom. The van der Waals surface area contributed by atoms with Gasteiger partial charge in [0.25, 0.3) is 0 Å². The number of nitrogens with zero attached hydrogens (tertiary/aromatic N) is 1. The van der Waals surface area contributed by atoms with Crippen molar-refractivity contribution >= 4 is 34.5 Å².